The predicted octanol–water partition coefficient (Wildman–Crippen LogP) is 3.82. The van der Waals surface area contributed by atoms with Gasteiger partial charge < -0.3 is 20.1 Å². The number of hydrogen-bond donors (Lipinski definition) is 3. The molecule has 9 nitrogen and oxygen atoms in total. The molecule has 1 saturated heterocycles. The van der Waals surface area contributed by atoms with E-state index in [1.807, 2.05) is 23.1 Å². The van der Waals surface area contributed by atoms with Crippen LogP contribution in [0, 0.1) is 10.8 Å². The Kier molecular flexibility index (Phi) is 10.5. The normalized spacial score (nSPS) is 14.8. The van der Waals surface area contributed by atoms with Gasteiger partial charge in [-0.2, -0.15) is 0 Å². The third kappa shape index (κ3) is 8.33. The first-order valence-electron chi connectivity index (χ1n) is 11.9. The van der Waals surface area contributed by atoms with Gasteiger partial charge in [0.05, 0.1) is 30.2 Å². The minimum Gasteiger partial charge on any atom is -0.489 e. The van der Waals surface area contributed by atoms with Crippen molar-refractivity contribution in [2.45, 2.75) is 25.9 Å². The molecular weight excluding hydrogens is 514 g/mol. The Balaban J connectivity index is 1.77. The quantitative estimate of drug-likeness (QED) is 0.211. The Morgan fingerprint density at radius 3 is 2.68 bits per heavy atom. The van der Waals surface area contributed by atoms with Gasteiger partial charge in [0.15, 0.2) is 0 Å². The van der Waals surface area contributed by atoms with Crippen LogP contribution in [0.25, 0.3) is 6.08 Å². The summed E-state index contributed by atoms with van der Waals surface area (Å²) < 4.78 is 25.8. The SMILES string of the molecule is CCOC(=O)CS(=O)N(C/C=C/c1cccc(C(=N)N)c1)c1ccc(OC2CCN(C=N)CC2)c(Cl)c1. The molecule has 1 fully saturated rings. The monoisotopic (exact) mass is 545 g/mol. The van der Waals surface area contributed by atoms with Crippen LogP contribution in [0.1, 0.15) is 30.9 Å². The van der Waals surface area contributed by atoms with Gasteiger partial charge in [0.2, 0.25) is 0 Å². The average molecular weight is 546 g/mol. The first-order chi connectivity index (χ1) is 17.8. The number of carbonyl (C=O) groups is 1. The zero-order chi connectivity index (χ0) is 26.8. The fraction of sp³-hybridized carbons (Fsp3) is 0.346. The maximum atomic E-state index is 13.1. The summed E-state index contributed by atoms with van der Waals surface area (Å²) in [5, 5.41) is 15.4. The van der Waals surface area contributed by atoms with E-state index in [1.54, 1.807) is 47.6 Å². The van der Waals surface area contributed by atoms with Crippen molar-refractivity contribution in [3.8, 4) is 5.75 Å². The molecule has 0 amide bonds. The Bertz CT molecular complexity index is 1170. The number of nitrogens with zero attached hydrogens (tertiary/aromatic N) is 2. The van der Waals surface area contributed by atoms with E-state index in [1.165, 1.54) is 6.34 Å². The number of anilines is 1. The van der Waals surface area contributed by atoms with Gasteiger partial charge in [-0.1, -0.05) is 42.0 Å². The van der Waals surface area contributed by atoms with Crippen LogP contribution in [0.15, 0.2) is 48.5 Å². The number of nitrogens with two attached hydrogens (primary N) is 1. The van der Waals surface area contributed by atoms with Gasteiger partial charge in [-0.25, -0.2) is 4.21 Å². The molecule has 0 aromatic heterocycles. The summed E-state index contributed by atoms with van der Waals surface area (Å²) in [5.41, 5.74) is 7.59. The largest absolute Gasteiger partial charge is 0.489 e. The smallest absolute Gasteiger partial charge is 0.320 e. The van der Waals surface area contributed by atoms with Gasteiger partial charge in [0, 0.05) is 31.5 Å². The van der Waals surface area contributed by atoms with Crippen LogP contribution in [-0.4, -0.2) is 65.4 Å². The molecule has 11 heteroatoms. The summed E-state index contributed by atoms with van der Waals surface area (Å²) in [5.74, 6) is -0.328. The number of esters is 1. The van der Waals surface area contributed by atoms with Gasteiger partial charge in [-0.3, -0.25) is 19.9 Å². The van der Waals surface area contributed by atoms with Crippen molar-refractivity contribution < 1.29 is 18.5 Å². The van der Waals surface area contributed by atoms with E-state index in [2.05, 4.69) is 0 Å². The molecule has 1 aliphatic rings. The zero-order valence-corrected chi connectivity index (χ0v) is 22.3. The average Bonchev–Trinajstić information content (AvgIpc) is 2.88. The van der Waals surface area contributed by atoms with Crippen molar-refractivity contribution >= 4 is 52.5 Å². The first kappa shape index (κ1) is 28.2. The van der Waals surface area contributed by atoms with Gasteiger partial charge in [0.25, 0.3) is 0 Å². The maximum absolute atomic E-state index is 13.1. The summed E-state index contributed by atoms with van der Waals surface area (Å²) in [6, 6.07) is 12.4. The van der Waals surface area contributed by atoms with Crippen LogP contribution in [0.3, 0.4) is 0 Å². The number of nitrogens with one attached hydrogen (secondary N) is 2. The third-order valence-corrected chi connectivity index (χ3v) is 7.36. The molecule has 0 radical (unpaired) electrons. The molecule has 2 aromatic carbocycles. The number of nitrogen functional groups attached to an aromatic ring is 1. The Morgan fingerprint density at radius 1 is 1.27 bits per heavy atom. The van der Waals surface area contributed by atoms with E-state index in [4.69, 9.17) is 37.6 Å². The molecule has 0 spiro atoms. The van der Waals surface area contributed by atoms with Crippen LogP contribution >= 0.6 is 11.6 Å². The van der Waals surface area contributed by atoms with Crippen LogP contribution < -0.4 is 14.8 Å². The van der Waals surface area contributed by atoms with Crippen molar-refractivity contribution in [1.29, 1.82) is 10.8 Å². The number of ether oxygens (including phenoxy) is 2. The van der Waals surface area contributed by atoms with Crippen molar-refractivity contribution in [2.75, 3.05) is 36.3 Å². The molecule has 4 N–H and O–H groups in total. The highest BCUT2D eigenvalue weighted by molar-refractivity contribution is 7.87. The molecule has 3 rings (SSSR count). The number of carbonyl (C=O) groups excluding carboxylic acids is 1. The van der Waals surface area contributed by atoms with Crippen molar-refractivity contribution in [2.24, 2.45) is 5.73 Å². The fourth-order valence-electron chi connectivity index (χ4n) is 3.82. The van der Waals surface area contributed by atoms with Gasteiger partial charge in [0.1, 0.15) is 34.4 Å². The van der Waals surface area contributed by atoms with Gasteiger partial charge in [-0.15, -0.1) is 0 Å². The standard InChI is InChI=1S/C26H32ClN5O4S/c1-2-35-25(33)17-37(34)32(12-4-6-19-5-3-7-20(15-19)26(29)30)21-8-9-24(23(27)16-21)36-22-10-13-31(18-28)14-11-22/h3-9,15-16,18,22,28H,2,10-14,17H2,1H3,(H3,29,30)/b6-4+,28-18?. The second-order valence-electron chi connectivity index (χ2n) is 8.37. The van der Waals surface area contributed by atoms with E-state index >= 15 is 0 Å². The topological polar surface area (TPSA) is 133 Å². The number of piperidine rings is 1. The van der Waals surface area contributed by atoms with Crippen LogP contribution in [0.2, 0.25) is 5.02 Å². The highest BCUT2D eigenvalue weighted by Gasteiger charge is 2.22. The lowest BCUT2D eigenvalue weighted by Crippen LogP contribution is -2.37. The maximum Gasteiger partial charge on any atom is 0.320 e. The molecule has 1 aliphatic heterocycles. The van der Waals surface area contributed by atoms with Crippen LogP contribution in [0.4, 0.5) is 5.69 Å². The summed E-state index contributed by atoms with van der Waals surface area (Å²) in [7, 11) is -1.71. The van der Waals surface area contributed by atoms with Crippen molar-refractivity contribution in [3.05, 3.63) is 64.7 Å². The second kappa shape index (κ2) is 13.8. The lowest BCUT2D eigenvalue weighted by Gasteiger charge is -2.30. The van der Waals surface area contributed by atoms with E-state index in [0.717, 1.165) is 31.5 Å². The predicted molar refractivity (Wildman–Crippen MR) is 149 cm³/mol. The van der Waals surface area contributed by atoms with Gasteiger partial charge in [-0.05, 0) is 36.8 Å². The number of amidine groups is 1. The minimum absolute atomic E-state index is 0.00213. The number of rotatable bonds is 12. The Hall–Kier alpha value is -3.37. The Morgan fingerprint density at radius 2 is 2.03 bits per heavy atom. The highest BCUT2D eigenvalue weighted by Crippen LogP contribution is 2.32. The molecule has 1 heterocycles. The van der Waals surface area contributed by atoms with E-state index < -0.39 is 17.0 Å². The molecule has 0 saturated carbocycles. The number of benzene rings is 2. The second-order valence-corrected chi connectivity index (χ2v) is 10.2. The summed E-state index contributed by atoms with van der Waals surface area (Å²) in [4.78, 5) is 14.0. The first-order valence-corrected chi connectivity index (χ1v) is 13.6. The molecule has 0 bridgehead atoms. The number of hydrogen-bond acceptors (Lipinski definition) is 6. The lowest BCUT2D eigenvalue weighted by atomic mass is 10.1. The third-order valence-electron chi connectivity index (χ3n) is 5.73. The molecule has 198 valence electrons. The molecular formula is C26H32ClN5O4S. The molecule has 1 unspecified atom stereocenters. The van der Waals surface area contributed by atoms with Crippen LogP contribution in [-0.2, 0) is 20.5 Å². The van der Waals surface area contributed by atoms with Crippen molar-refractivity contribution in [1.82, 2.24) is 4.90 Å². The molecule has 2 aromatic rings. The van der Waals surface area contributed by atoms with Crippen LogP contribution in [0.5, 0.6) is 5.75 Å². The Labute approximate surface area is 224 Å². The summed E-state index contributed by atoms with van der Waals surface area (Å²) >= 11 is 6.55. The summed E-state index contributed by atoms with van der Waals surface area (Å²) in [6.45, 7) is 3.65. The van der Waals surface area contributed by atoms with Gasteiger partial charge >= 0.3 is 5.97 Å². The fourth-order valence-corrected chi connectivity index (χ4v) is 5.09. The van der Waals surface area contributed by atoms with E-state index in [9.17, 15) is 9.00 Å². The number of likely N-dealkylation sites (tertiary alicyclic amines) is 1. The minimum atomic E-state index is -1.71. The van der Waals surface area contributed by atoms with Crippen molar-refractivity contribution in [3.63, 3.8) is 0 Å². The van der Waals surface area contributed by atoms with E-state index in [0.29, 0.717) is 22.0 Å². The summed E-state index contributed by atoms with van der Waals surface area (Å²) in [6.07, 6.45) is 6.58. The number of halogens is 1. The molecule has 37 heavy (non-hydrogen) atoms. The lowest BCUT2D eigenvalue weighted by molar-refractivity contribution is -0.139. The van der Waals surface area contributed by atoms with E-state index in [-0.39, 0.29) is 30.8 Å². The molecule has 0 aliphatic carbocycles. The zero-order valence-electron chi connectivity index (χ0n) is 20.7. The highest BCUT2D eigenvalue weighted by atomic mass is 35.5. The molecule has 1 atom stereocenters.